The van der Waals surface area contributed by atoms with Crippen LogP contribution in [0.5, 0.6) is 5.75 Å². The molecule has 1 fully saturated rings. The number of amides is 1. The second-order valence-corrected chi connectivity index (χ2v) is 7.25. The molecule has 1 aliphatic rings. The van der Waals surface area contributed by atoms with Gasteiger partial charge in [0.25, 0.3) is 5.91 Å². The van der Waals surface area contributed by atoms with E-state index in [9.17, 15) is 9.59 Å². The number of nitrogens with zero attached hydrogens (tertiary/aromatic N) is 1. The summed E-state index contributed by atoms with van der Waals surface area (Å²) in [5.74, 6) is -0.306. The normalized spacial score (nSPS) is 16.3. The molecule has 1 aliphatic heterocycles. The molecular weight excluding hydrogens is 346 g/mol. The molecule has 5 nitrogen and oxygen atoms in total. The number of hydrogen-bond donors (Lipinski definition) is 1. The number of aliphatic carboxylic acids is 1. The standard InChI is InChI=1S/C17H19NO4S2/c1-11(2)22-13-6-3-5-12(9-13)10-14-16(21)18(17(23)24-14)8-4-7-15(19)20/h3,5-6,9-11H,4,7-8H2,1-2H3,(H,19,20)/b14-10+. The van der Waals surface area contributed by atoms with Gasteiger partial charge in [0.2, 0.25) is 0 Å². The van der Waals surface area contributed by atoms with E-state index >= 15 is 0 Å². The average molecular weight is 365 g/mol. The predicted molar refractivity (Wildman–Crippen MR) is 99.0 cm³/mol. The molecule has 1 N–H and O–H groups in total. The van der Waals surface area contributed by atoms with Crippen LogP contribution in [0.25, 0.3) is 6.08 Å². The zero-order chi connectivity index (χ0) is 17.7. The van der Waals surface area contributed by atoms with Gasteiger partial charge in [0, 0.05) is 13.0 Å². The zero-order valence-electron chi connectivity index (χ0n) is 13.5. The van der Waals surface area contributed by atoms with Gasteiger partial charge in [0.1, 0.15) is 10.1 Å². The van der Waals surface area contributed by atoms with Crippen LogP contribution in [0.4, 0.5) is 0 Å². The van der Waals surface area contributed by atoms with Gasteiger partial charge in [-0.05, 0) is 44.0 Å². The molecule has 1 aromatic rings. The first-order valence-corrected chi connectivity index (χ1v) is 8.83. The minimum Gasteiger partial charge on any atom is -0.491 e. The summed E-state index contributed by atoms with van der Waals surface area (Å²) in [7, 11) is 0. The molecule has 0 aliphatic carbocycles. The molecule has 1 aromatic carbocycles. The number of carboxylic acid groups (broad SMARTS) is 1. The maximum atomic E-state index is 12.4. The topological polar surface area (TPSA) is 66.8 Å². The van der Waals surface area contributed by atoms with Gasteiger partial charge in [0.15, 0.2) is 0 Å². The molecule has 24 heavy (non-hydrogen) atoms. The van der Waals surface area contributed by atoms with E-state index in [1.807, 2.05) is 38.1 Å². The third-order valence-corrected chi connectivity index (χ3v) is 4.55. The van der Waals surface area contributed by atoms with E-state index in [4.69, 9.17) is 22.1 Å². The van der Waals surface area contributed by atoms with Gasteiger partial charge in [-0.3, -0.25) is 14.5 Å². The summed E-state index contributed by atoms with van der Waals surface area (Å²) < 4.78 is 6.12. The molecule has 2 rings (SSSR count). The Kier molecular flexibility index (Phi) is 6.39. The molecule has 1 heterocycles. The number of rotatable bonds is 7. The van der Waals surface area contributed by atoms with E-state index in [-0.39, 0.29) is 18.4 Å². The fourth-order valence-electron chi connectivity index (χ4n) is 2.18. The van der Waals surface area contributed by atoms with Gasteiger partial charge >= 0.3 is 5.97 Å². The van der Waals surface area contributed by atoms with Crippen LogP contribution in [0, 0.1) is 0 Å². The van der Waals surface area contributed by atoms with Crippen molar-refractivity contribution in [3.8, 4) is 5.75 Å². The van der Waals surface area contributed by atoms with E-state index < -0.39 is 5.97 Å². The lowest BCUT2D eigenvalue weighted by molar-refractivity contribution is -0.137. The predicted octanol–water partition coefficient (Wildman–Crippen LogP) is 3.54. The smallest absolute Gasteiger partial charge is 0.303 e. The van der Waals surface area contributed by atoms with Crippen molar-refractivity contribution in [3.63, 3.8) is 0 Å². The molecule has 0 bridgehead atoms. The molecule has 0 unspecified atom stereocenters. The Labute approximate surface area is 150 Å². The number of hydrogen-bond acceptors (Lipinski definition) is 5. The highest BCUT2D eigenvalue weighted by molar-refractivity contribution is 8.26. The third-order valence-electron chi connectivity index (χ3n) is 3.17. The summed E-state index contributed by atoms with van der Waals surface area (Å²) in [6.45, 7) is 4.23. The Morgan fingerprint density at radius 3 is 2.88 bits per heavy atom. The number of carboxylic acids is 1. The highest BCUT2D eigenvalue weighted by Crippen LogP contribution is 2.33. The van der Waals surface area contributed by atoms with Crippen LogP contribution >= 0.6 is 24.0 Å². The van der Waals surface area contributed by atoms with E-state index in [0.29, 0.717) is 22.2 Å². The molecule has 1 saturated heterocycles. The Morgan fingerprint density at radius 2 is 2.21 bits per heavy atom. The first-order valence-electron chi connectivity index (χ1n) is 7.60. The van der Waals surface area contributed by atoms with Crippen molar-refractivity contribution in [2.45, 2.75) is 32.8 Å². The molecule has 0 atom stereocenters. The summed E-state index contributed by atoms with van der Waals surface area (Å²) in [4.78, 5) is 25.0. The van der Waals surface area contributed by atoms with Crippen molar-refractivity contribution >= 4 is 46.3 Å². The van der Waals surface area contributed by atoms with Gasteiger partial charge in [-0.25, -0.2) is 0 Å². The first-order chi connectivity index (χ1) is 11.4. The van der Waals surface area contributed by atoms with Crippen LogP contribution < -0.4 is 4.74 Å². The fourth-order valence-corrected chi connectivity index (χ4v) is 3.49. The summed E-state index contributed by atoms with van der Waals surface area (Å²) in [5, 5.41) is 8.69. The van der Waals surface area contributed by atoms with Crippen LogP contribution in [-0.2, 0) is 9.59 Å². The molecule has 1 amide bonds. The van der Waals surface area contributed by atoms with Crippen LogP contribution in [0.2, 0.25) is 0 Å². The number of benzene rings is 1. The molecule has 0 spiro atoms. The zero-order valence-corrected chi connectivity index (χ0v) is 15.2. The minimum atomic E-state index is -0.877. The maximum Gasteiger partial charge on any atom is 0.303 e. The molecule has 128 valence electrons. The lowest BCUT2D eigenvalue weighted by Gasteiger charge is -2.13. The van der Waals surface area contributed by atoms with Crippen LogP contribution in [0.15, 0.2) is 29.2 Å². The molecular formula is C17H19NO4S2. The number of carbonyl (C=O) groups excluding carboxylic acids is 1. The van der Waals surface area contributed by atoms with Crippen molar-refractivity contribution in [2.24, 2.45) is 0 Å². The van der Waals surface area contributed by atoms with Crippen LogP contribution in [0.3, 0.4) is 0 Å². The van der Waals surface area contributed by atoms with Gasteiger partial charge < -0.3 is 9.84 Å². The third kappa shape index (κ3) is 5.07. The number of thiocarbonyl (C=S) groups is 1. The SMILES string of the molecule is CC(C)Oc1cccc(/C=C2/SC(=S)N(CCCC(=O)O)C2=O)c1. The van der Waals surface area contributed by atoms with Crippen LogP contribution in [0.1, 0.15) is 32.3 Å². The van der Waals surface area contributed by atoms with Gasteiger partial charge in [-0.1, -0.05) is 36.1 Å². The highest BCUT2D eigenvalue weighted by Gasteiger charge is 2.31. The second kappa shape index (κ2) is 8.30. The van der Waals surface area contributed by atoms with E-state index in [0.717, 1.165) is 11.3 Å². The maximum absolute atomic E-state index is 12.4. The Bertz CT molecular complexity index is 685. The van der Waals surface area contributed by atoms with Crippen molar-refractivity contribution in [2.75, 3.05) is 6.54 Å². The van der Waals surface area contributed by atoms with Crippen molar-refractivity contribution in [1.29, 1.82) is 0 Å². The number of thioether (sulfide) groups is 1. The van der Waals surface area contributed by atoms with Crippen molar-refractivity contribution < 1.29 is 19.4 Å². The molecule has 0 aromatic heterocycles. The molecule has 0 saturated carbocycles. The summed E-state index contributed by atoms with van der Waals surface area (Å²) in [5.41, 5.74) is 0.860. The summed E-state index contributed by atoms with van der Waals surface area (Å²) >= 11 is 6.46. The molecule has 7 heteroatoms. The lowest BCUT2D eigenvalue weighted by atomic mass is 10.2. The average Bonchev–Trinajstić information content (AvgIpc) is 2.74. The summed E-state index contributed by atoms with van der Waals surface area (Å²) in [6, 6.07) is 7.51. The highest BCUT2D eigenvalue weighted by atomic mass is 32.2. The van der Waals surface area contributed by atoms with Gasteiger partial charge in [0.05, 0.1) is 11.0 Å². The Morgan fingerprint density at radius 1 is 1.46 bits per heavy atom. The van der Waals surface area contributed by atoms with Crippen molar-refractivity contribution in [1.82, 2.24) is 4.90 Å². The Balaban J connectivity index is 2.09. The first kappa shape index (κ1) is 18.5. The molecule has 0 radical (unpaired) electrons. The van der Waals surface area contributed by atoms with Crippen LogP contribution in [-0.4, -0.2) is 38.9 Å². The largest absolute Gasteiger partial charge is 0.491 e. The Hall–Kier alpha value is -1.86. The minimum absolute atomic E-state index is 0.0185. The fraction of sp³-hybridized carbons (Fsp3) is 0.353. The van der Waals surface area contributed by atoms with E-state index in [1.165, 1.54) is 16.7 Å². The van der Waals surface area contributed by atoms with Gasteiger partial charge in [-0.15, -0.1) is 0 Å². The monoisotopic (exact) mass is 365 g/mol. The van der Waals surface area contributed by atoms with Gasteiger partial charge in [-0.2, -0.15) is 0 Å². The number of carbonyl (C=O) groups is 2. The van der Waals surface area contributed by atoms with E-state index in [1.54, 1.807) is 6.08 Å². The second-order valence-electron chi connectivity index (χ2n) is 5.57. The number of ether oxygens (including phenoxy) is 1. The quantitative estimate of drug-likeness (QED) is 0.589. The lowest BCUT2D eigenvalue weighted by Crippen LogP contribution is -2.29. The summed E-state index contributed by atoms with van der Waals surface area (Å²) in [6.07, 6.45) is 2.26. The van der Waals surface area contributed by atoms with Crippen molar-refractivity contribution in [3.05, 3.63) is 34.7 Å². The van der Waals surface area contributed by atoms with E-state index in [2.05, 4.69) is 0 Å².